The molecule has 0 spiro atoms. The van der Waals surface area contributed by atoms with Crippen molar-refractivity contribution in [2.45, 2.75) is 55.3 Å². The highest BCUT2D eigenvalue weighted by molar-refractivity contribution is 8.41. The molecule has 10 atom stereocenters. The Balaban J connectivity index is 1.17. The molecule has 46 heavy (non-hydrogen) atoms. The Morgan fingerprint density at radius 1 is 1.09 bits per heavy atom. The van der Waals surface area contributed by atoms with Crippen LogP contribution in [0.25, 0.3) is 22.2 Å². The number of imidazole rings is 1. The number of rotatable bonds is 2. The van der Waals surface area contributed by atoms with Gasteiger partial charge >= 0.3 is 12.9 Å². The van der Waals surface area contributed by atoms with Crippen molar-refractivity contribution in [3.63, 3.8) is 0 Å². The fraction of sp³-hybridized carbons (Fsp3) is 0.500. The van der Waals surface area contributed by atoms with Crippen LogP contribution >= 0.6 is 26.5 Å². The molecule has 1 aromatic carbocycles. The number of aromatic nitrogens is 7. The molecule has 6 heterocycles. The van der Waals surface area contributed by atoms with Gasteiger partial charge in [0.15, 0.2) is 30.1 Å². The Bertz CT molecular complexity index is 1820. The maximum Gasteiger partial charge on any atom is 0.418 e. The molecular formula is C22H22F4N8O8P2S2. The summed E-state index contributed by atoms with van der Waals surface area (Å²) in [6.07, 6.45) is -13.8. The molecule has 3 aliphatic heterocycles. The van der Waals surface area contributed by atoms with Crippen molar-refractivity contribution in [1.29, 1.82) is 0 Å². The fourth-order valence-electron chi connectivity index (χ4n) is 5.40. The second-order valence-electron chi connectivity index (χ2n) is 10.3. The highest BCUT2D eigenvalue weighted by Crippen LogP contribution is 2.54. The molecule has 0 amide bonds. The van der Waals surface area contributed by atoms with Crippen LogP contribution in [0, 0.1) is 0 Å². The predicted octanol–water partition coefficient (Wildman–Crippen LogP) is 2.56. The van der Waals surface area contributed by atoms with Gasteiger partial charge in [0, 0.05) is 0 Å². The number of anilines is 1. The van der Waals surface area contributed by atoms with Crippen LogP contribution in [-0.2, 0) is 45.6 Å². The van der Waals surface area contributed by atoms with Gasteiger partial charge in [0.1, 0.15) is 47.9 Å². The Kier molecular flexibility index (Phi) is 8.47. The second kappa shape index (κ2) is 12.0. The summed E-state index contributed by atoms with van der Waals surface area (Å²) in [6, 6.07) is 3.36. The van der Waals surface area contributed by atoms with Gasteiger partial charge in [-0.05, 0) is 23.9 Å². The average Bonchev–Trinajstić information content (AvgIpc) is 3.76. The van der Waals surface area contributed by atoms with Gasteiger partial charge in [-0.3, -0.25) is 9.09 Å². The number of nitrogens with zero attached hydrogens (tertiary/aromatic N) is 7. The third kappa shape index (κ3) is 5.77. The first-order valence-corrected chi connectivity index (χ1v) is 18.2. The zero-order valence-corrected chi connectivity index (χ0v) is 26.2. The number of ether oxygens (including phenoxy) is 2. The number of aliphatic hydroxyl groups is 1. The van der Waals surface area contributed by atoms with Crippen molar-refractivity contribution in [3.05, 3.63) is 36.4 Å². The third-order valence-corrected chi connectivity index (χ3v) is 10.5. The summed E-state index contributed by atoms with van der Waals surface area (Å²) in [5, 5.41) is 18.7. The van der Waals surface area contributed by atoms with Crippen LogP contribution in [0.3, 0.4) is 0 Å². The van der Waals surface area contributed by atoms with E-state index in [0.29, 0.717) is 0 Å². The van der Waals surface area contributed by atoms with Gasteiger partial charge in [-0.15, -0.1) is 5.10 Å². The summed E-state index contributed by atoms with van der Waals surface area (Å²) in [6.45, 7) is -5.25. The van der Waals surface area contributed by atoms with Crippen molar-refractivity contribution in [1.82, 2.24) is 34.5 Å². The molecule has 248 valence electrons. The maximum atomic E-state index is 16.0. The number of thiol groups is 1. The standard InChI is InChI=1S/C22H22F4N8O8P2S2/c23-12-16-11(40-20(12)33-7-30-14-18(27)28-6-29-19(14)33)4-37-43(45)41-17-15(35)10(5-38-44(36,46)42-16)39-21(17)34-9-3-1-2-8(22(24,25)26)13(9)31-32-34/h1-3,6-7,10-12,15-17,20-21,35,45H,4-5H2,(H,36,46)(H2,27,28,29)/t10-,11-,12-,15-,16-,17-,20-,21-,43?,44?/m1/s1. The van der Waals surface area contributed by atoms with Gasteiger partial charge in [0.25, 0.3) is 0 Å². The van der Waals surface area contributed by atoms with Crippen molar-refractivity contribution in [2.75, 3.05) is 18.9 Å². The van der Waals surface area contributed by atoms with Crippen LogP contribution in [0.15, 0.2) is 30.9 Å². The van der Waals surface area contributed by atoms with Crippen LogP contribution in [0.4, 0.5) is 23.4 Å². The quantitative estimate of drug-likeness (QED) is 0.133. The number of nitrogen functional groups attached to an aromatic ring is 1. The van der Waals surface area contributed by atoms with Gasteiger partial charge in [-0.1, -0.05) is 23.5 Å². The summed E-state index contributed by atoms with van der Waals surface area (Å²) in [4.78, 5) is 23.0. The zero-order chi connectivity index (χ0) is 32.5. The lowest BCUT2D eigenvalue weighted by Gasteiger charge is -2.26. The molecule has 3 aliphatic rings. The minimum Gasteiger partial charge on any atom is -0.387 e. The number of aliphatic hydroxyl groups excluding tert-OH is 1. The largest absolute Gasteiger partial charge is 0.418 e. The number of alkyl halides is 4. The lowest BCUT2D eigenvalue weighted by molar-refractivity contribution is -0.136. The number of halogens is 4. The minimum atomic E-state index is -4.72. The van der Waals surface area contributed by atoms with Crippen molar-refractivity contribution >= 4 is 66.4 Å². The van der Waals surface area contributed by atoms with Gasteiger partial charge in [0.05, 0.1) is 30.6 Å². The lowest BCUT2D eigenvalue weighted by atomic mass is 10.1. The van der Waals surface area contributed by atoms with Crippen molar-refractivity contribution in [2.24, 2.45) is 0 Å². The van der Waals surface area contributed by atoms with Crippen molar-refractivity contribution < 1.29 is 55.1 Å². The van der Waals surface area contributed by atoms with Crippen LogP contribution in [-0.4, -0.2) is 94.4 Å². The Morgan fingerprint density at radius 3 is 2.65 bits per heavy atom. The molecule has 3 fully saturated rings. The van der Waals surface area contributed by atoms with E-state index in [1.807, 2.05) is 0 Å². The first-order chi connectivity index (χ1) is 21.8. The summed E-state index contributed by atoms with van der Waals surface area (Å²) < 4.78 is 93.6. The van der Waals surface area contributed by atoms with Gasteiger partial charge < -0.3 is 38.8 Å². The van der Waals surface area contributed by atoms with Crippen molar-refractivity contribution in [3.8, 4) is 0 Å². The lowest BCUT2D eigenvalue weighted by Crippen LogP contribution is -2.35. The first kappa shape index (κ1) is 32.4. The molecule has 0 aliphatic carbocycles. The van der Waals surface area contributed by atoms with Crippen LogP contribution in [0.5, 0.6) is 0 Å². The smallest absolute Gasteiger partial charge is 0.387 e. The summed E-state index contributed by atoms with van der Waals surface area (Å²) >= 11 is 9.50. The minimum absolute atomic E-state index is 0.0634. The van der Waals surface area contributed by atoms with Gasteiger partial charge in [-0.25, -0.2) is 24.0 Å². The van der Waals surface area contributed by atoms with E-state index >= 15 is 4.39 Å². The SMILES string of the molecule is Nc1ncnc2c1ncn2[C@@H]1O[C@@H]2COP(S)O[C@@H]3[C@H](O)[C@@H](COP(O)(=S)O[C@H]2[C@H]1F)O[C@H]3n1nnc2c(C(F)(F)F)cccc21. The Morgan fingerprint density at radius 2 is 1.87 bits per heavy atom. The first-order valence-electron chi connectivity index (χ1n) is 13.2. The number of fused-ring (bicyclic) bond motifs is 5. The molecule has 24 heteroatoms. The molecular weight excluding hydrogens is 706 g/mol. The normalized spacial score (nSPS) is 35.9. The van der Waals surface area contributed by atoms with E-state index in [1.54, 1.807) is 0 Å². The maximum absolute atomic E-state index is 16.0. The molecule has 2 unspecified atom stereocenters. The molecule has 3 saturated heterocycles. The number of benzene rings is 1. The summed E-state index contributed by atoms with van der Waals surface area (Å²) in [5.74, 6) is 0.0634. The number of hydrogen-bond donors (Lipinski definition) is 4. The van der Waals surface area contributed by atoms with E-state index in [2.05, 4.69) is 37.5 Å². The van der Waals surface area contributed by atoms with E-state index in [9.17, 15) is 23.2 Å². The average molecular weight is 729 g/mol. The highest BCUT2D eigenvalue weighted by atomic mass is 32.7. The molecule has 4 aromatic rings. The monoisotopic (exact) mass is 728 g/mol. The Hall–Kier alpha value is -2.20. The topological polar surface area (TPSA) is 196 Å². The van der Waals surface area contributed by atoms with E-state index in [-0.39, 0.29) is 22.5 Å². The van der Waals surface area contributed by atoms with E-state index in [0.717, 1.165) is 10.7 Å². The molecule has 4 N–H and O–H groups in total. The number of hydrogen-bond acceptors (Lipinski definition) is 15. The zero-order valence-electron chi connectivity index (χ0n) is 22.7. The van der Waals surface area contributed by atoms with Gasteiger partial charge in [0.2, 0.25) is 7.58 Å². The fourth-order valence-corrected chi connectivity index (χ4v) is 8.14. The molecule has 0 radical (unpaired) electrons. The number of nitrogens with two attached hydrogens (primary N) is 1. The van der Waals surface area contributed by atoms with Crippen LogP contribution < -0.4 is 5.73 Å². The predicted molar refractivity (Wildman–Crippen MR) is 155 cm³/mol. The van der Waals surface area contributed by atoms with E-state index < -0.39 is 93.9 Å². The van der Waals surface area contributed by atoms with E-state index in [1.165, 1.54) is 29.4 Å². The molecule has 7 rings (SSSR count). The summed E-state index contributed by atoms with van der Waals surface area (Å²) in [5.41, 5.74) is 4.69. The second-order valence-corrected chi connectivity index (χ2v) is 15.0. The molecule has 16 nitrogen and oxygen atoms in total. The summed E-state index contributed by atoms with van der Waals surface area (Å²) in [7, 11) is -2.18. The molecule has 3 aromatic heterocycles. The Labute approximate surface area is 266 Å². The van der Waals surface area contributed by atoms with Crippen LogP contribution in [0.1, 0.15) is 18.0 Å². The molecule has 0 saturated carbocycles. The van der Waals surface area contributed by atoms with Crippen LogP contribution in [0.2, 0.25) is 0 Å². The highest BCUT2D eigenvalue weighted by Gasteiger charge is 2.52. The van der Waals surface area contributed by atoms with Gasteiger partial charge in [-0.2, -0.15) is 13.2 Å². The third-order valence-electron chi connectivity index (χ3n) is 7.51. The van der Waals surface area contributed by atoms with E-state index in [4.69, 9.17) is 45.1 Å². The molecule has 2 bridgehead atoms.